The minimum absolute atomic E-state index is 0.0155. The number of carbonyl (C=O) groups is 1. The van der Waals surface area contributed by atoms with Crippen molar-refractivity contribution in [3.8, 4) is 0 Å². The van der Waals surface area contributed by atoms with Gasteiger partial charge in [-0.3, -0.25) is 4.79 Å². The van der Waals surface area contributed by atoms with Crippen molar-refractivity contribution in [2.75, 3.05) is 31.9 Å². The highest BCUT2D eigenvalue weighted by Gasteiger charge is 2.31. The number of benzene rings is 1. The Morgan fingerprint density at radius 2 is 1.90 bits per heavy atom. The van der Waals surface area contributed by atoms with E-state index >= 15 is 0 Å². The zero-order valence-corrected chi connectivity index (χ0v) is 18.8. The Labute approximate surface area is 182 Å². The number of nitrogens with zero attached hydrogens (tertiary/aromatic N) is 4. The average molecular weight is 471 g/mol. The third-order valence-corrected chi connectivity index (χ3v) is 9.42. The van der Waals surface area contributed by atoms with E-state index in [0.717, 1.165) is 27.5 Å². The van der Waals surface area contributed by atoms with Crippen LogP contribution in [-0.2, 0) is 21.9 Å². The standard InChI is InChI=1S/C18H19ClN4O3S3/c1-21-14-5-3-2-4-13(14)20-18(21)27-12-16(24)22-8-10-23(11-9-22)29(25,26)17-7-6-15(19)28-17/h2-7H,8-12H2,1H3. The van der Waals surface area contributed by atoms with E-state index in [2.05, 4.69) is 4.98 Å². The quantitative estimate of drug-likeness (QED) is 0.536. The molecule has 0 aliphatic carbocycles. The van der Waals surface area contributed by atoms with Gasteiger partial charge in [0.15, 0.2) is 5.16 Å². The highest BCUT2D eigenvalue weighted by Crippen LogP contribution is 2.29. The predicted molar refractivity (Wildman–Crippen MR) is 116 cm³/mol. The number of aromatic nitrogens is 2. The van der Waals surface area contributed by atoms with Crippen LogP contribution in [0.2, 0.25) is 4.34 Å². The number of halogens is 1. The topological polar surface area (TPSA) is 75.5 Å². The van der Waals surface area contributed by atoms with Gasteiger partial charge in [0.2, 0.25) is 5.91 Å². The Balaban J connectivity index is 1.35. The average Bonchev–Trinajstić information content (AvgIpc) is 3.30. The van der Waals surface area contributed by atoms with Crippen molar-refractivity contribution in [2.45, 2.75) is 9.37 Å². The van der Waals surface area contributed by atoms with Crippen molar-refractivity contribution in [1.29, 1.82) is 0 Å². The molecule has 0 bridgehead atoms. The number of sulfonamides is 1. The normalized spacial score (nSPS) is 15.9. The van der Waals surface area contributed by atoms with Gasteiger partial charge in [-0.25, -0.2) is 13.4 Å². The lowest BCUT2D eigenvalue weighted by atomic mass is 10.3. The molecule has 7 nitrogen and oxygen atoms in total. The van der Waals surface area contributed by atoms with Crippen molar-refractivity contribution in [3.05, 3.63) is 40.7 Å². The summed E-state index contributed by atoms with van der Waals surface area (Å²) >= 11 is 8.31. The van der Waals surface area contributed by atoms with Crippen LogP contribution in [-0.4, -0.2) is 65.0 Å². The summed E-state index contributed by atoms with van der Waals surface area (Å²) in [6, 6.07) is 10.9. The maximum atomic E-state index is 12.7. The number of thiophene rings is 1. The van der Waals surface area contributed by atoms with Crippen LogP contribution in [0.4, 0.5) is 0 Å². The highest BCUT2D eigenvalue weighted by atomic mass is 35.5. The van der Waals surface area contributed by atoms with E-state index in [-0.39, 0.29) is 29.0 Å². The third-order valence-electron chi connectivity index (χ3n) is 4.80. The van der Waals surface area contributed by atoms with Crippen LogP contribution in [0.25, 0.3) is 11.0 Å². The Kier molecular flexibility index (Phi) is 5.90. The highest BCUT2D eigenvalue weighted by molar-refractivity contribution is 7.99. The number of aryl methyl sites for hydroxylation is 1. The molecule has 11 heteroatoms. The van der Waals surface area contributed by atoms with Crippen LogP contribution in [0.15, 0.2) is 45.8 Å². The molecule has 1 fully saturated rings. The summed E-state index contributed by atoms with van der Waals surface area (Å²) in [5, 5.41) is 0.787. The van der Waals surface area contributed by atoms with Crippen LogP contribution in [0.5, 0.6) is 0 Å². The Morgan fingerprint density at radius 1 is 1.17 bits per heavy atom. The third kappa shape index (κ3) is 4.17. The molecule has 154 valence electrons. The van der Waals surface area contributed by atoms with Gasteiger partial charge in [-0.05, 0) is 24.3 Å². The molecule has 4 rings (SSSR count). The van der Waals surface area contributed by atoms with Crippen LogP contribution < -0.4 is 0 Å². The fourth-order valence-corrected chi connectivity index (χ4v) is 7.16. The number of hydrogen-bond acceptors (Lipinski definition) is 6. The fourth-order valence-electron chi connectivity index (χ4n) is 3.21. The van der Waals surface area contributed by atoms with Gasteiger partial charge in [0.25, 0.3) is 10.0 Å². The number of carbonyl (C=O) groups excluding carboxylic acids is 1. The van der Waals surface area contributed by atoms with Gasteiger partial charge in [-0.2, -0.15) is 4.31 Å². The first-order valence-electron chi connectivity index (χ1n) is 8.94. The first-order valence-corrected chi connectivity index (χ1v) is 12.6. The number of fused-ring (bicyclic) bond motifs is 1. The molecule has 0 spiro atoms. The van der Waals surface area contributed by atoms with E-state index in [1.165, 1.54) is 22.1 Å². The molecule has 1 aliphatic rings. The predicted octanol–water partition coefficient (Wildman–Crippen LogP) is 2.91. The molecule has 29 heavy (non-hydrogen) atoms. The van der Waals surface area contributed by atoms with Gasteiger partial charge in [0.1, 0.15) is 4.21 Å². The molecule has 1 amide bonds. The molecular weight excluding hydrogens is 452 g/mol. The van der Waals surface area contributed by atoms with Gasteiger partial charge < -0.3 is 9.47 Å². The molecule has 1 saturated heterocycles. The number of imidazole rings is 1. The molecule has 2 aromatic heterocycles. The van der Waals surface area contributed by atoms with Gasteiger partial charge in [0.05, 0.1) is 21.1 Å². The van der Waals surface area contributed by atoms with Crippen molar-refractivity contribution < 1.29 is 13.2 Å². The Hall–Kier alpha value is -1.59. The van der Waals surface area contributed by atoms with E-state index in [4.69, 9.17) is 11.6 Å². The van der Waals surface area contributed by atoms with E-state index in [1.807, 2.05) is 35.9 Å². The summed E-state index contributed by atoms with van der Waals surface area (Å²) in [4.78, 5) is 18.9. The van der Waals surface area contributed by atoms with Crippen LogP contribution in [0.1, 0.15) is 0 Å². The lowest BCUT2D eigenvalue weighted by Crippen LogP contribution is -2.50. The van der Waals surface area contributed by atoms with Crippen LogP contribution in [0, 0.1) is 0 Å². The van der Waals surface area contributed by atoms with Crippen molar-refractivity contribution >= 4 is 61.7 Å². The first kappa shape index (κ1) is 20.7. The fraction of sp³-hybridized carbons (Fsp3) is 0.333. The number of amides is 1. The summed E-state index contributed by atoms with van der Waals surface area (Å²) in [7, 11) is -1.62. The van der Waals surface area contributed by atoms with E-state index in [9.17, 15) is 13.2 Å². The molecule has 0 saturated carbocycles. The molecule has 0 N–H and O–H groups in total. The molecule has 0 radical (unpaired) electrons. The number of hydrogen-bond donors (Lipinski definition) is 0. The van der Waals surface area contributed by atoms with Gasteiger partial charge in [-0.15, -0.1) is 11.3 Å². The lowest BCUT2D eigenvalue weighted by Gasteiger charge is -2.33. The summed E-state index contributed by atoms with van der Waals surface area (Å²) in [5.74, 6) is 0.253. The van der Waals surface area contributed by atoms with Crippen molar-refractivity contribution in [3.63, 3.8) is 0 Å². The zero-order chi connectivity index (χ0) is 20.6. The summed E-state index contributed by atoms with van der Waals surface area (Å²) in [6.45, 7) is 1.31. The lowest BCUT2D eigenvalue weighted by molar-refractivity contribution is -0.129. The maximum absolute atomic E-state index is 12.7. The molecule has 0 unspecified atom stereocenters. The van der Waals surface area contributed by atoms with Gasteiger partial charge in [0, 0.05) is 33.2 Å². The molecule has 3 heterocycles. The second-order valence-corrected chi connectivity index (χ2v) is 11.4. The molecule has 3 aromatic rings. The monoisotopic (exact) mass is 470 g/mol. The van der Waals surface area contributed by atoms with Crippen molar-refractivity contribution in [1.82, 2.24) is 18.8 Å². The first-order chi connectivity index (χ1) is 13.9. The second-order valence-electron chi connectivity index (χ2n) is 6.57. The Morgan fingerprint density at radius 3 is 2.55 bits per heavy atom. The smallest absolute Gasteiger partial charge is 0.252 e. The maximum Gasteiger partial charge on any atom is 0.252 e. The van der Waals surface area contributed by atoms with Gasteiger partial charge >= 0.3 is 0 Å². The number of piperazine rings is 1. The largest absolute Gasteiger partial charge is 0.339 e. The number of rotatable bonds is 5. The molecule has 0 atom stereocenters. The number of para-hydroxylation sites is 2. The Bertz CT molecular complexity index is 1150. The molecule has 1 aromatic carbocycles. The van der Waals surface area contributed by atoms with Crippen molar-refractivity contribution in [2.24, 2.45) is 7.05 Å². The SMILES string of the molecule is Cn1c(SCC(=O)N2CCN(S(=O)(=O)c3ccc(Cl)s3)CC2)nc2ccccc21. The van der Waals surface area contributed by atoms with Gasteiger partial charge in [-0.1, -0.05) is 35.5 Å². The summed E-state index contributed by atoms with van der Waals surface area (Å²) in [6.07, 6.45) is 0. The van der Waals surface area contributed by atoms with E-state index < -0.39 is 10.0 Å². The number of thioether (sulfide) groups is 1. The minimum Gasteiger partial charge on any atom is -0.339 e. The van der Waals surface area contributed by atoms with Crippen LogP contribution >= 0.6 is 34.7 Å². The minimum atomic E-state index is -3.56. The van der Waals surface area contributed by atoms with E-state index in [1.54, 1.807) is 11.0 Å². The van der Waals surface area contributed by atoms with Crippen LogP contribution in [0.3, 0.4) is 0 Å². The molecular formula is C18H19ClN4O3S3. The second kappa shape index (κ2) is 8.27. The van der Waals surface area contributed by atoms with E-state index in [0.29, 0.717) is 17.4 Å². The molecule has 1 aliphatic heterocycles. The summed E-state index contributed by atoms with van der Waals surface area (Å²) in [5.41, 5.74) is 1.92. The summed E-state index contributed by atoms with van der Waals surface area (Å²) < 4.78 is 29.4. The zero-order valence-electron chi connectivity index (χ0n) is 15.6.